The molecule has 0 spiro atoms. The van der Waals surface area contributed by atoms with Gasteiger partial charge in [-0.15, -0.1) is 0 Å². The Morgan fingerprint density at radius 3 is 1.95 bits per heavy atom. The van der Waals surface area contributed by atoms with E-state index in [0.717, 1.165) is 73.8 Å². The maximum absolute atomic E-state index is 6.39. The second kappa shape index (κ2) is 13.1. The van der Waals surface area contributed by atoms with Gasteiger partial charge in [0.25, 0.3) is 0 Å². The highest BCUT2D eigenvalue weighted by Crippen LogP contribution is 2.46. The first kappa shape index (κ1) is 31.9. The number of furan rings is 1. The quantitative estimate of drug-likeness (QED) is 0.172. The van der Waals surface area contributed by atoms with Crippen LogP contribution >= 0.6 is 0 Å². The van der Waals surface area contributed by atoms with E-state index in [0.29, 0.717) is 17.5 Å². The number of hydrogen-bond donors (Lipinski definition) is 0. The van der Waals surface area contributed by atoms with Gasteiger partial charge in [0.2, 0.25) is 0 Å². The number of nitrogens with zero attached hydrogens (tertiary/aromatic N) is 4. The number of rotatable bonds is 6. The summed E-state index contributed by atoms with van der Waals surface area (Å²) in [5, 5.41) is 3.45. The molecule has 3 aromatic heterocycles. The molecule has 11 rings (SSSR count). The van der Waals surface area contributed by atoms with E-state index in [1.54, 1.807) is 0 Å². The van der Waals surface area contributed by atoms with Gasteiger partial charge in [-0.2, -0.15) is 0 Å². The topological polar surface area (TPSA) is 56.7 Å². The minimum atomic E-state index is 0.599. The number of fused-ring (bicyclic) bond motifs is 6. The average Bonchev–Trinajstić information content (AvgIpc) is 3.83. The van der Waals surface area contributed by atoms with Gasteiger partial charge in [-0.25, -0.2) is 15.0 Å². The molecule has 7 aromatic carbocycles. The third-order valence-electron chi connectivity index (χ3n) is 10.8. The van der Waals surface area contributed by atoms with Gasteiger partial charge in [-0.05, 0) is 60.4 Å². The molecule has 5 heteroatoms. The molecule has 5 nitrogen and oxygen atoms in total. The third kappa shape index (κ3) is 5.15. The molecule has 0 unspecified atom stereocenters. The molecule has 0 radical (unpaired) electrons. The maximum atomic E-state index is 6.39. The van der Waals surface area contributed by atoms with E-state index in [1.807, 2.05) is 78.9 Å². The van der Waals surface area contributed by atoms with Gasteiger partial charge < -0.3 is 8.98 Å². The van der Waals surface area contributed by atoms with Gasteiger partial charge in [0.15, 0.2) is 17.5 Å². The molecular weight excluding hydrogens is 685 g/mol. The lowest BCUT2D eigenvalue weighted by atomic mass is 9.87. The Balaban J connectivity index is 1.22. The third-order valence-corrected chi connectivity index (χ3v) is 10.8. The predicted molar refractivity (Wildman–Crippen MR) is 225 cm³/mol. The molecule has 10 aromatic rings. The summed E-state index contributed by atoms with van der Waals surface area (Å²) in [5.41, 5.74) is 13.5. The van der Waals surface area contributed by atoms with Gasteiger partial charge in [0.1, 0.15) is 11.2 Å². The van der Waals surface area contributed by atoms with E-state index in [-0.39, 0.29) is 0 Å². The first-order valence-corrected chi connectivity index (χ1v) is 18.9. The zero-order valence-electron chi connectivity index (χ0n) is 30.3. The monoisotopic (exact) mass is 716 g/mol. The lowest BCUT2D eigenvalue weighted by Gasteiger charge is -2.22. The summed E-state index contributed by atoms with van der Waals surface area (Å²) in [6.45, 7) is 0. The van der Waals surface area contributed by atoms with Crippen molar-refractivity contribution in [2.75, 3.05) is 0 Å². The summed E-state index contributed by atoms with van der Waals surface area (Å²) in [6.07, 6.45) is 4.15. The molecule has 0 fully saturated rings. The highest BCUT2D eigenvalue weighted by molar-refractivity contribution is 6.14. The van der Waals surface area contributed by atoms with Gasteiger partial charge >= 0.3 is 0 Å². The minimum Gasteiger partial charge on any atom is -0.456 e. The van der Waals surface area contributed by atoms with Crippen molar-refractivity contribution in [1.29, 1.82) is 0 Å². The number of allylic oxidation sites excluding steroid dienone is 1. The highest BCUT2D eigenvalue weighted by atomic mass is 16.3. The fraction of sp³-hybridized carbons (Fsp3) is 0.0392. The molecule has 0 saturated carbocycles. The van der Waals surface area contributed by atoms with Crippen LogP contribution in [0.4, 0.5) is 0 Å². The van der Waals surface area contributed by atoms with E-state index < -0.39 is 0 Å². The van der Waals surface area contributed by atoms with Crippen molar-refractivity contribution in [2.45, 2.75) is 12.8 Å². The summed E-state index contributed by atoms with van der Waals surface area (Å²) in [5.74, 6) is 1.84. The SMILES string of the molecule is c1cccc(-c2cccc(-c3nc(-c4ccccc4)nc(-c4ccccc4)n3)c2-n2c3c(c4ccccc42)C(c2cccc4oc5ccccc5c24)=CCC3)c#1. The van der Waals surface area contributed by atoms with Crippen LogP contribution in [0, 0.1) is 12.1 Å². The second-order valence-electron chi connectivity index (χ2n) is 14.1. The Kier molecular flexibility index (Phi) is 7.46. The molecule has 262 valence electrons. The molecule has 0 aliphatic heterocycles. The molecule has 0 N–H and O–H groups in total. The van der Waals surface area contributed by atoms with Crippen LogP contribution in [0.25, 0.3) is 89.4 Å². The van der Waals surface area contributed by atoms with Crippen LogP contribution in [0.2, 0.25) is 0 Å². The van der Waals surface area contributed by atoms with Crippen LogP contribution in [-0.4, -0.2) is 19.5 Å². The van der Waals surface area contributed by atoms with Crippen molar-refractivity contribution < 1.29 is 4.42 Å². The van der Waals surface area contributed by atoms with Crippen LogP contribution in [-0.2, 0) is 6.42 Å². The molecule has 0 saturated heterocycles. The van der Waals surface area contributed by atoms with Crippen molar-refractivity contribution in [3.63, 3.8) is 0 Å². The van der Waals surface area contributed by atoms with Gasteiger partial charge in [0.05, 0.1) is 11.2 Å². The first-order valence-electron chi connectivity index (χ1n) is 18.9. The second-order valence-corrected chi connectivity index (χ2v) is 14.1. The molecule has 1 aliphatic carbocycles. The number of benzene rings is 6. The van der Waals surface area contributed by atoms with Crippen molar-refractivity contribution in [2.24, 2.45) is 0 Å². The Labute approximate surface area is 323 Å². The predicted octanol–water partition coefficient (Wildman–Crippen LogP) is 12.4. The van der Waals surface area contributed by atoms with E-state index in [2.05, 4.69) is 108 Å². The van der Waals surface area contributed by atoms with E-state index in [4.69, 9.17) is 19.4 Å². The molecule has 0 bridgehead atoms. The number of hydrogen-bond acceptors (Lipinski definition) is 4. The van der Waals surface area contributed by atoms with Crippen LogP contribution in [0.15, 0.2) is 174 Å². The largest absolute Gasteiger partial charge is 0.456 e. The van der Waals surface area contributed by atoms with E-state index in [9.17, 15) is 0 Å². The smallest absolute Gasteiger partial charge is 0.166 e. The molecule has 1 aliphatic rings. The van der Waals surface area contributed by atoms with Crippen molar-refractivity contribution >= 4 is 38.4 Å². The van der Waals surface area contributed by atoms with E-state index >= 15 is 0 Å². The van der Waals surface area contributed by atoms with Crippen molar-refractivity contribution in [3.05, 3.63) is 199 Å². The number of para-hydroxylation sites is 3. The van der Waals surface area contributed by atoms with Crippen LogP contribution < -0.4 is 0 Å². The van der Waals surface area contributed by atoms with Crippen LogP contribution in [0.1, 0.15) is 23.2 Å². The fourth-order valence-corrected chi connectivity index (χ4v) is 8.41. The Morgan fingerprint density at radius 2 is 1.18 bits per heavy atom. The summed E-state index contributed by atoms with van der Waals surface area (Å²) in [4.78, 5) is 15.5. The van der Waals surface area contributed by atoms with E-state index in [1.165, 1.54) is 27.8 Å². The molecule has 0 amide bonds. The number of aromatic nitrogens is 4. The molecule has 3 heterocycles. The lowest BCUT2D eigenvalue weighted by Crippen LogP contribution is -2.09. The normalized spacial score (nSPS) is 12.5. The fourth-order valence-electron chi connectivity index (χ4n) is 8.41. The zero-order chi connectivity index (χ0) is 37.0. The van der Waals surface area contributed by atoms with Crippen LogP contribution in [0.3, 0.4) is 0 Å². The summed E-state index contributed by atoms with van der Waals surface area (Å²) in [6, 6.07) is 62.9. The Morgan fingerprint density at radius 1 is 0.536 bits per heavy atom. The van der Waals surface area contributed by atoms with Gasteiger partial charge in [-0.1, -0.05) is 146 Å². The van der Waals surface area contributed by atoms with Crippen molar-refractivity contribution in [3.8, 4) is 51.0 Å². The summed E-state index contributed by atoms with van der Waals surface area (Å²) < 4.78 is 8.85. The van der Waals surface area contributed by atoms with Crippen molar-refractivity contribution in [1.82, 2.24) is 19.5 Å². The first-order chi connectivity index (χ1) is 27.8. The minimum absolute atomic E-state index is 0.599. The lowest BCUT2D eigenvalue weighted by molar-refractivity contribution is 0.669. The Bertz CT molecular complexity index is 3070. The summed E-state index contributed by atoms with van der Waals surface area (Å²) in [7, 11) is 0. The van der Waals surface area contributed by atoms with Gasteiger partial charge in [0, 0.05) is 55.2 Å². The maximum Gasteiger partial charge on any atom is 0.166 e. The molecule has 0 atom stereocenters. The zero-order valence-corrected chi connectivity index (χ0v) is 30.3. The molecular formula is C51H32N4O. The summed E-state index contributed by atoms with van der Waals surface area (Å²) >= 11 is 0. The van der Waals surface area contributed by atoms with Gasteiger partial charge in [-0.3, -0.25) is 0 Å². The average molecular weight is 717 g/mol. The standard InChI is InChI=1S/C51H32N4O/c1-4-17-33(18-5-1)36-25-14-28-41(51-53-49(34-19-6-2-7-20-34)52-50(54-51)35-21-8-3-9-22-35)48(36)55-42-29-12-10-23-39(42)46-37(26-15-30-43(46)55)38-27-16-32-45-47(38)40-24-11-13-31-44(40)56-45/h1-4,6-14,16-17,19-29,31-32H,15,30H2. The van der Waals surface area contributed by atoms with Crippen LogP contribution in [0.5, 0.6) is 0 Å². The molecule has 56 heavy (non-hydrogen) atoms. The Hall–Kier alpha value is -7.55. The highest BCUT2D eigenvalue weighted by Gasteiger charge is 2.29.